The van der Waals surface area contributed by atoms with E-state index in [0.29, 0.717) is 6.42 Å². The molecule has 0 heterocycles. The zero-order valence-corrected chi connectivity index (χ0v) is 8.18. The van der Waals surface area contributed by atoms with E-state index in [9.17, 15) is 10.2 Å². The summed E-state index contributed by atoms with van der Waals surface area (Å²) in [5, 5.41) is 18.9. The SMILES string of the molecule is CC(C)(C)CC(O)C(C)(C)O. The first kappa shape index (κ1) is 10.9. The summed E-state index contributed by atoms with van der Waals surface area (Å²) in [6.45, 7) is 9.39. The van der Waals surface area contributed by atoms with Gasteiger partial charge >= 0.3 is 0 Å². The molecule has 68 valence electrons. The van der Waals surface area contributed by atoms with E-state index < -0.39 is 11.7 Å². The van der Waals surface area contributed by atoms with E-state index in [0.717, 1.165) is 0 Å². The van der Waals surface area contributed by atoms with Gasteiger partial charge in [-0.05, 0) is 25.7 Å². The van der Waals surface area contributed by atoms with Crippen LogP contribution >= 0.6 is 0 Å². The largest absolute Gasteiger partial charge is 0.390 e. The summed E-state index contributed by atoms with van der Waals surface area (Å²) in [6, 6.07) is 0. The fourth-order valence-electron chi connectivity index (χ4n) is 0.830. The minimum Gasteiger partial charge on any atom is -0.390 e. The molecule has 2 nitrogen and oxygen atoms in total. The van der Waals surface area contributed by atoms with E-state index in [4.69, 9.17) is 0 Å². The molecule has 0 amide bonds. The predicted molar refractivity (Wildman–Crippen MR) is 46.4 cm³/mol. The van der Waals surface area contributed by atoms with E-state index in [2.05, 4.69) is 0 Å². The van der Waals surface area contributed by atoms with Gasteiger partial charge < -0.3 is 10.2 Å². The third kappa shape index (κ3) is 5.22. The maximum atomic E-state index is 9.47. The third-order valence-corrected chi connectivity index (χ3v) is 1.62. The van der Waals surface area contributed by atoms with Crippen molar-refractivity contribution in [3.8, 4) is 0 Å². The Balaban J connectivity index is 3.99. The summed E-state index contributed by atoms with van der Waals surface area (Å²) in [7, 11) is 0. The van der Waals surface area contributed by atoms with Crippen LogP contribution in [0.4, 0.5) is 0 Å². The normalized spacial score (nSPS) is 16.6. The Labute approximate surface area is 69.2 Å². The van der Waals surface area contributed by atoms with Gasteiger partial charge in [0, 0.05) is 0 Å². The molecule has 0 saturated heterocycles. The van der Waals surface area contributed by atoms with E-state index in [1.807, 2.05) is 20.8 Å². The smallest absolute Gasteiger partial charge is 0.0849 e. The maximum Gasteiger partial charge on any atom is 0.0849 e. The average molecular weight is 160 g/mol. The highest BCUT2D eigenvalue weighted by Gasteiger charge is 2.28. The first-order valence-corrected chi connectivity index (χ1v) is 4.03. The van der Waals surface area contributed by atoms with Gasteiger partial charge in [-0.15, -0.1) is 0 Å². The minimum absolute atomic E-state index is 0.0689. The first-order chi connectivity index (χ1) is 4.63. The van der Waals surface area contributed by atoms with Crippen LogP contribution in [-0.2, 0) is 0 Å². The number of aliphatic hydroxyl groups is 2. The standard InChI is InChI=1S/C9H20O2/c1-8(2,3)6-7(10)9(4,5)11/h7,10-11H,6H2,1-5H3. The highest BCUT2D eigenvalue weighted by molar-refractivity contribution is 4.80. The van der Waals surface area contributed by atoms with Crippen LogP contribution in [0.3, 0.4) is 0 Å². The molecule has 0 rings (SSSR count). The van der Waals surface area contributed by atoms with Gasteiger partial charge in [-0.2, -0.15) is 0 Å². The lowest BCUT2D eigenvalue weighted by Gasteiger charge is -2.30. The van der Waals surface area contributed by atoms with Crippen LogP contribution in [0.15, 0.2) is 0 Å². The van der Waals surface area contributed by atoms with Crippen LogP contribution < -0.4 is 0 Å². The summed E-state index contributed by atoms with van der Waals surface area (Å²) in [6.07, 6.45) is -0.0150. The summed E-state index contributed by atoms with van der Waals surface area (Å²) in [5.41, 5.74) is -0.910. The Bertz CT molecular complexity index is 117. The van der Waals surface area contributed by atoms with Gasteiger partial charge in [0.2, 0.25) is 0 Å². The molecule has 2 heteroatoms. The van der Waals surface area contributed by atoms with Crippen molar-refractivity contribution in [2.45, 2.75) is 52.7 Å². The molecule has 0 bridgehead atoms. The molecule has 2 N–H and O–H groups in total. The fraction of sp³-hybridized carbons (Fsp3) is 1.00. The van der Waals surface area contributed by atoms with Crippen molar-refractivity contribution in [2.75, 3.05) is 0 Å². The Morgan fingerprint density at radius 1 is 1.09 bits per heavy atom. The van der Waals surface area contributed by atoms with E-state index in [-0.39, 0.29) is 5.41 Å². The topological polar surface area (TPSA) is 40.5 Å². The Hall–Kier alpha value is -0.0800. The van der Waals surface area contributed by atoms with Gasteiger partial charge in [0.05, 0.1) is 11.7 Å². The first-order valence-electron chi connectivity index (χ1n) is 4.03. The molecule has 11 heavy (non-hydrogen) atoms. The second-order valence-electron chi connectivity index (χ2n) is 4.93. The molecule has 0 radical (unpaired) electrons. The van der Waals surface area contributed by atoms with Crippen molar-refractivity contribution in [3.05, 3.63) is 0 Å². The summed E-state index contributed by atoms with van der Waals surface area (Å²) >= 11 is 0. The zero-order valence-electron chi connectivity index (χ0n) is 8.18. The molecule has 0 aliphatic rings. The number of aliphatic hydroxyl groups excluding tert-OH is 1. The van der Waals surface area contributed by atoms with Crippen LogP contribution in [-0.4, -0.2) is 21.9 Å². The molecule has 0 fully saturated rings. The highest BCUT2D eigenvalue weighted by Crippen LogP contribution is 2.25. The van der Waals surface area contributed by atoms with Gasteiger partial charge in [-0.25, -0.2) is 0 Å². The average Bonchev–Trinajstić information content (AvgIpc) is 1.56. The molecule has 0 aromatic carbocycles. The van der Waals surface area contributed by atoms with Crippen molar-refractivity contribution < 1.29 is 10.2 Å². The maximum absolute atomic E-state index is 9.47. The van der Waals surface area contributed by atoms with E-state index >= 15 is 0 Å². The molecule has 0 aliphatic carbocycles. The lowest BCUT2D eigenvalue weighted by atomic mass is 9.84. The van der Waals surface area contributed by atoms with Gasteiger partial charge in [0.25, 0.3) is 0 Å². The summed E-state index contributed by atoms with van der Waals surface area (Å²) < 4.78 is 0. The molecule has 0 spiro atoms. The highest BCUT2D eigenvalue weighted by atomic mass is 16.3. The van der Waals surface area contributed by atoms with Crippen LogP contribution in [0, 0.1) is 5.41 Å². The third-order valence-electron chi connectivity index (χ3n) is 1.62. The molecule has 0 saturated carbocycles. The van der Waals surface area contributed by atoms with Crippen LogP contribution in [0.25, 0.3) is 0 Å². The molecule has 1 atom stereocenters. The Morgan fingerprint density at radius 3 is 1.55 bits per heavy atom. The number of hydrogen-bond donors (Lipinski definition) is 2. The van der Waals surface area contributed by atoms with Crippen molar-refractivity contribution >= 4 is 0 Å². The van der Waals surface area contributed by atoms with Crippen molar-refractivity contribution in [3.63, 3.8) is 0 Å². The minimum atomic E-state index is -0.979. The molecular formula is C9H20O2. The number of hydrogen-bond acceptors (Lipinski definition) is 2. The Morgan fingerprint density at radius 2 is 1.45 bits per heavy atom. The van der Waals surface area contributed by atoms with Crippen molar-refractivity contribution in [1.29, 1.82) is 0 Å². The van der Waals surface area contributed by atoms with Crippen LogP contribution in [0.5, 0.6) is 0 Å². The second kappa shape index (κ2) is 3.11. The zero-order chi connectivity index (χ0) is 9.28. The van der Waals surface area contributed by atoms with Crippen LogP contribution in [0.1, 0.15) is 41.0 Å². The van der Waals surface area contributed by atoms with Crippen molar-refractivity contribution in [1.82, 2.24) is 0 Å². The molecule has 0 aromatic heterocycles. The lowest BCUT2D eigenvalue weighted by Crippen LogP contribution is -2.38. The summed E-state index contributed by atoms with van der Waals surface area (Å²) in [5.74, 6) is 0. The second-order valence-corrected chi connectivity index (χ2v) is 4.93. The van der Waals surface area contributed by atoms with Gasteiger partial charge in [-0.3, -0.25) is 0 Å². The van der Waals surface area contributed by atoms with Gasteiger partial charge in [0.1, 0.15) is 0 Å². The van der Waals surface area contributed by atoms with Crippen LogP contribution in [0.2, 0.25) is 0 Å². The molecule has 0 aliphatic heterocycles. The van der Waals surface area contributed by atoms with E-state index in [1.165, 1.54) is 0 Å². The van der Waals surface area contributed by atoms with E-state index in [1.54, 1.807) is 13.8 Å². The quantitative estimate of drug-likeness (QED) is 0.643. The molecule has 0 aromatic rings. The lowest BCUT2D eigenvalue weighted by molar-refractivity contribution is -0.0643. The fourth-order valence-corrected chi connectivity index (χ4v) is 0.830. The molecule has 1 unspecified atom stereocenters. The number of rotatable bonds is 2. The predicted octanol–water partition coefficient (Wildman–Crippen LogP) is 1.55. The van der Waals surface area contributed by atoms with Gasteiger partial charge in [-0.1, -0.05) is 20.8 Å². The van der Waals surface area contributed by atoms with Crippen molar-refractivity contribution in [2.24, 2.45) is 5.41 Å². The molecular weight excluding hydrogens is 140 g/mol. The van der Waals surface area contributed by atoms with Gasteiger partial charge in [0.15, 0.2) is 0 Å². The summed E-state index contributed by atoms with van der Waals surface area (Å²) in [4.78, 5) is 0. The Kier molecular flexibility index (Phi) is 3.09. The monoisotopic (exact) mass is 160 g/mol.